The largest absolute Gasteiger partial charge is 0.311 e. The summed E-state index contributed by atoms with van der Waals surface area (Å²) in [7, 11) is 4.44. The van der Waals surface area contributed by atoms with Crippen LogP contribution in [0.15, 0.2) is 30.3 Å². The molecule has 0 amide bonds. The fourth-order valence-electron chi connectivity index (χ4n) is 2.85. The molecule has 0 aromatic heterocycles. The highest BCUT2D eigenvalue weighted by atomic mass is 15.2. The predicted octanol–water partition coefficient (Wildman–Crippen LogP) is 2.65. The lowest BCUT2D eigenvalue weighted by atomic mass is 9.96. The monoisotopic (exact) mass is 232 g/mol. The highest BCUT2D eigenvalue weighted by molar-refractivity contribution is 5.14. The summed E-state index contributed by atoms with van der Waals surface area (Å²) in [6.45, 7) is 2.09. The molecule has 17 heavy (non-hydrogen) atoms. The molecule has 0 bridgehead atoms. The van der Waals surface area contributed by atoms with Crippen LogP contribution in [0.3, 0.4) is 0 Å². The molecule has 1 N–H and O–H groups in total. The van der Waals surface area contributed by atoms with Crippen LogP contribution in [-0.2, 0) is 6.54 Å². The molecule has 1 aromatic carbocycles. The van der Waals surface area contributed by atoms with Gasteiger partial charge in [0.2, 0.25) is 0 Å². The minimum absolute atomic E-state index is 0.398. The molecular formula is C15H24N2. The van der Waals surface area contributed by atoms with Crippen molar-refractivity contribution in [3.8, 4) is 0 Å². The Balaban J connectivity index is 1.84. The fourth-order valence-corrected chi connectivity index (χ4v) is 2.85. The summed E-state index contributed by atoms with van der Waals surface area (Å²) >= 11 is 0. The second-order valence-electron chi connectivity index (χ2n) is 5.42. The first-order valence-electron chi connectivity index (χ1n) is 6.65. The van der Waals surface area contributed by atoms with E-state index in [9.17, 15) is 0 Å². The summed E-state index contributed by atoms with van der Waals surface area (Å²) in [6, 6.07) is 10.7. The minimum atomic E-state index is 0.398. The van der Waals surface area contributed by atoms with E-state index in [1.165, 1.54) is 31.2 Å². The molecular weight excluding hydrogens is 208 g/mol. The number of hydrogen-bond donors (Lipinski definition) is 1. The number of rotatable bonds is 5. The summed E-state index contributed by atoms with van der Waals surface area (Å²) in [5.74, 6) is 0. The Labute approximate surface area is 105 Å². The average Bonchev–Trinajstić information content (AvgIpc) is 2.80. The first kappa shape index (κ1) is 12.6. The van der Waals surface area contributed by atoms with E-state index in [0.717, 1.165) is 13.1 Å². The molecule has 0 atom stereocenters. The Bertz CT molecular complexity index is 326. The van der Waals surface area contributed by atoms with E-state index in [-0.39, 0.29) is 0 Å². The molecule has 2 nitrogen and oxygen atoms in total. The van der Waals surface area contributed by atoms with Gasteiger partial charge in [-0.1, -0.05) is 43.2 Å². The zero-order valence-corrected chi connectivity index (χ0v) is 11.1. The molecule has 2 rings (SSSR count). The highest BCUT2D eigenvalue weighted by Gasteiger charge is 2.35. The van der Waals surface area contributed by atoms with Gasteiger partial charge in [-0.05, 0) is 32.5 Å². The van der Waals surface area contributed by atoms with Gasteiger partial charge in [0.1, 0.15) is 0 Å². The Morgan fingerprint density at radius 1 is 1.12 bits per heavy atom. The van der Waals surface area contributed by atoms with Crippen molar-refractivity contribution in [1.82, 2.24) is 10.2 Å². The smallest absolute Gasteiger partial charge is 0.0328 e. The molecule has 0 saturated heterocycles. The van der Waals surface area contributed by atoms with E-state index in [0.29, 0.717) is 5.54 Å². The molecule has 1 aromatic rings. The topological polar surface area (TPSA) is 15.3 Å². The van der Waals surface area contributed by atoms with E-state index < -0.39 is 0 Å². The molecule has 0 spiro atoms. The van der Waals surface area contributed by atoms with Crippen molar-refractivity contribution >= 4 is 0 Å². The molecule has 2 heteroatoms. The number of nitrogens with one attached hydrogen (secondary N) is 1. The number of likely N-dealkylation sites (N-methyl/N-ethyl adjacent to an activating group) is 1. The maximum absolute atomic E-state index is 3.62. The summed E-state index contributed by atoms with van der Waals surface area (Å²) in [6.07, 6.45) is 5.43. The van der Waals surface area contributed by atoms with Crippen LogP contribution in [0.25, 0.3) is 0 Å². The molecule has 1 aliphatic rings. The van der Waals surface area contributed by atoms with E-state index >= 15 is 0 Å². The van der Waals surface area contributed by atoms with Crippen LogP contribution in [0.1, 0.15) is 31.2 Å². The van der Waals surface area contributed by atoms with Crippen LogP contribution < -0.4 is 5.32 Å². The van der Waals surface area contributed by atoms with Crippen LogP contribution in [0.4, 0.5) is 0 Å². The lowest BCUT2D eigenvalue weighted by Crippen LogP contribution is -2.49. The number of nitrogens with zero attached hydrogens (tertiary/aromatic N) is 1. The van der Waals surface area contributed by atoms with E-state index in [1.54, 1.807) is 0 Å². The van der Waals surface area contributed by atoms with Crippen molar-refractivity contribution in [2.75, 3.05) is 20.6 Å². The van der Waals surface area contributed by atoms with E-state index in [1.807, 2.05) is 0 Å². The molecule has 0 aliphatic heterocycles. The van der Waals surface area contributed by atoms with Crippen molar-refractivity contribution in [1.29, 1.82) is 0 Å². The predicted molar refractivity (Wildman–Crippen MR) is 73.0 cm³/mol. The van der Waals surface area contributed by atoms with Gasteiger partial charge in [-0.25, -0.2) is 0 Å². The second kappa shape index (κ2) is 5.65. The molecule has 1 aliphatic carbocycles. The fraction of sp³-hybridized carbons (Fsp3) is 0.600. The van der Waals surface area contributed by atoms with Crippen LogP contribution in [0, 0.1) is 0 Å². The maximum atomic E-state index is 3.62. The Hall–Kier alpha value is -0.860. The van der Waals surface area contributed by atoms with Crippen molar-refractivity contribution < 1.29 is 0 Å². The van der Waals surface area contributed by atoms with Crippen LogP contribution >= 0.6 is 0 Å². The standard InChI is InChI=1S/C15H24N2/c1-17(2)15(10-6-7-11-15)13-16-12-14-8-4-3-5-9-14/h3-5,8-9,16H,6-7,10-13H2,1-2H3. The van der Waals surface area contributed by atoms with Gasteiger partial charge in [0, 0.05) is 18.6 Å². The van der Waals surface area contributed by atoms with E-state index in [2.05, 4.69) is 54.6 Å². The van der Waals surface area contributed by atoms with Crippen molar-refractivity contribution in [3.63, 3.8) is 0 Å². The minimum Gasteiger partial charge on any atom is -0.311 e. The van der Waals surface area contributed by atoms with Gasteiger partial charge in [-0.2, -0.15) is 0 Å². The zero-order chi connectivity index (χ0) is 12.1. The third-order valence-corrected chi connectivity index (χ3v) is 4.11. The lowest BCUT2D eigenvalue weighted by Gasteiger charge is -2.36. The van der Waals surface area contributed by atoms with Gasteiger partial charge >= 0.3 is 0 Å². The first-order valence-corrected chi connectivity index (χ1v) is 6.65. The third-order valence-electron chi connectivity index (χ3n) is 4.11. The molecule has 1 saturated carbocycles. The third kappa shape index (κ3) is 3.08. The Morgan fingerprint density at radius 3 is 2.35 bits per heavy atom. The number of hydrogen-bond acceptors (Lipinski definition) is 2. The second-order valence-corrected chi connectivity index (χ2v) is 5.42. The Kier molecular flexibility index (Phi) is 4.19. The van der Waals surface area contributed by atoms with Gasteiger partial charge in [0.25, 0.3) is 0 Å². The average molecular weight is 232 g/mol. The SMILES string of the molecule is CN(C)C1(CNCc2ccccc2)CCCC1. The summed E-state index contributed by atoms with van der Waals surface area (Å²) in [4.78, 5) is 2.41. The van der Waals surface area contributed by atoms with Gasteiger partial charge in [0.15, 0.2) is 0 Å². The van der Waals surface area contributed by atoms with Crippen LogP contribution in [0.2, 0.25) is 0 Å². The quantitative estimate of drug-likeness (QED) is 0.839. The van der Waals surface area contributed by atoms with Crippen molar-refractivity contribution in [2.24, 2.45) is 0 Å². The molecule has 0 radical (unpaired) electrons. The van der Waals surface area contributed by atoms with Crippen LogP contribution in [0.5, 0.6) is 0 Å². The maximum Gasteiger partial charge on any atom is 0.0328 e. The molecule has 94 valence electrons. The summed E-state index contributed by atoms with van der Waals surface area (Å²) in [5.41, 5.74) is 1.77. The Morgan fingerprint density at radius 2 is 1.76 bits per heavy atom. The van der Waals surface area contributed by atoms with E-state index in [4.69, 9.17) is 0 Å². The highest BCUT2D eigenvalue weighted by Crippen LogP contribution is 2.33. The lowest BCUT2D eigenvalue weighted by molar-refractivity contribution is 0.153. The molecule has 0 unspecified atom stereocenters. The normalized spacial score (nSPS) is 18.8. The zero-order valence-electron chi connectivity index (χ0n) is 11.1. The van der Waals surface area contributed by atoms with Crippen molar-refractivity contribution in [3.05, 3.63) is 35.9 Å². The number of benzene rings is 1. The van der Waals surface area contributed by atoms with Gasteiger partial charge in [-0.3, -0.25) is 0 Å². The van der Waals surface area contributed by atoms with Gasteiger partial charge in [0.05, 0.1) is 0 Å². The van der Waals surface area contributed by atoms with Crippen LogP contribution in [-0.4, -0.2) is 31.1 Å². The van der Waals surface area contributed by atoms with Crippen molar-refractivity contribution in [2.45, 2.75) is 37.8 Å². The van der Waals surface area contributed by atoms with Gasteiger partial charge in [-0.15, -0.1) is 0 Å². The molecule has 0 heterocycles. The summed E-state index contributed by atoms with van der Waals surface area (Å²) in [5, 5.41) is 3.62. The van der Waals surface area contributed by atoms with Gasteiger partial charge < -0.3 is 10.2 Å². The first-order chi connectivity index (χ1) is 8.23. The summed E-state index contributed by atoms with van der Waals surface area (Å²) < 4.78 is 0. The molecule has 1 fully saturated rings.